The van der Waals surface area contributed by atoms with Crippen molar-refractivity contribution >= 4 is 12.2 Å². The summed E-state index contributed by atoms with van der Waals surface area (Å²) in [4.78, 5) is 12.4. The molecule has 0 radical (unpaired) electrons. The van der Waals surface area contributed by atoms with E-state index in [4.69, 9.17) is 14.9 Å². The lowest BCUT2D eigenvalue weighted by Crippen LogP contribution is -2.32. The average molecular weight is 574 g/mol. The lowest BCUT2D eigenvalue weighted by atomic mass is 10.1. The highest BCUT2D eigenvalue weighted by Gasteiger charge is 2.20. The van der Waals surface area contributed by atoms with Crippen LogP contribution in [0.4, 0.5) is 5.82 Å². The van der Waals surface area contributed by atoms with E-state index in [2.05, 4.69) is 40.4 Å². The summed E-state index contributed by atoms with van der Waals surface area (Å²) in [6.45, 7) is 7.70. The van der Waals surface area contributed by atoms with Crippen LogP contribution in [0, 0.1) is 26.7 Å². The van der Waals surface area contributed by atoms with Crippen LogP contribution >= 0.6 is 0 Å². The molecule has 0 spiro atoms. The van der Waals surface area contributed by atoms with Crippen LogP contribution in [-0.2, 0) is 16.6 Å². The first kappa shape index (κ1) is 33.6. The Morgan fingerprint density at radius 1 is 1.12 bits per heavy atom. The molecule has 2 aromatic heterocycles. The van der Waals surface area contributed by atoms with Crippen molar-refractivity contribution < 1.29 is 14.6 Å². The number of phenolic OH excluding ortho intramolecular Hbond substituents is 1. The summed E-state index contributed by atoms with van der Waals surface area (Å²) in [5.74, 6) is 1.36. The van der Waals surface area contributed by atoms with Gasteiger partial charge in [0.05, 0.1) is 18.5 Å². The Labute approximate surface area is 249 Å². The zero-order valence-electron chi connectivity index (χ0n) is 25.2. The molecule has 10 nitrogen and oxygen atoms in total. The van der Waals surface area contributed by atoms with E-state index in [-0.39, 0.29) is 0 Å². The molecule has 0 bridgehead atoms. The van der Waals surface area contributed by atoms with Crippen molar-refractivity contribution in [1.82, 2.24) is 29.8 Å². The highest BCUT2D eigenvalue weighted by atomic mass is 16.5. The van der Waals surface area contributed by atoms with Gasteiger partial charge in [0.2, 0.25) is 6.41 Å². The number of methoxy groups -OCH3 is 1. The molecule has 1 aliphatic heterocycles. The molecule has 42 heavy (non-hydrogen) atoms. The standard InChI is InChI=1S/C15H17N5.C8H16N2O2.C7H8O.C2H2/c1-11-14(12-9-17-19(3)10-12)18-20(15(11)16-2)13-7-5-4-6-8-13;1-12-5-4-10-3-2-8(6-10)9-7-11;1-6-4-2-3-5-7(6)8;1-2/h4-10,16H,1-3H3;7-8H,2-6H2,1H3,(H,9,11);2-5,8H,1H3;1-2H/t;8-;;/m.0../s1. The van der Waals surface area contributed by atoms with Gasteiger partial charge in [0.15, 0.2) is 0 Å². The zero-order chi connectivity index (χ0) is 30.9. The van der Waals surface area contributed by atoms with E-state index in [0.717, 1.165) is 73.0 Å². The van der Waals surface area contributed by atoms with Gasteiger partial charge in [-0.25, -0.2) is 4.68 Å². The largest absolute Gasteiger partial charge is 0.508 e. The normalized spacial score (nSPS) is 13.8. The number of likely N-dealkylation sites (tertiary alicyclic amines) is 1. The third kappa shape index (κ3) is 9.80. The number of phenols is 1. The number of para-hydroxylation sites is 2. The molecular weight excluding hydrogens is 530 g/mol. The minimum absolute atomic E-state index is 0.347. The van der Waals surface area contributed by atoms with E-state index in [1.807, 2.05) is 86.6 Å². The van der Waals surface area contributed by atoms with Crippen LogP contribution in [0.3, 0.4) is 0 Å². The van der Waals surface area contributed by atoms with Crippen LogP contribution in [-0.4, -0.2) is 82.4 Å². The summed E-state index contributed by atoms with van der Waals surface area (Å²) < 4.78 is 8.68. The molecule has 1 atom stereocenters. The monoisotopic (exact) mass is 573 g/mol. The number of nitrogens with one attached hydrogen (secondary N) is 2. The molecule has 5 rings (SSSR count). The number of amides is 1. The molecule has 4 aromatic rings. The third-order valence-corrected chi connectivity index (χ3v) is 6.64. The molecule has 224 valence electrons. The Morgan fingerprint density at radius 3 is 2.36 bits per heavy atom. The molecule has 3 N–H and O–H groups in total. The van der Waals surface area contributed by atoms with Gasteiger partial charge in [-0.1, -0.05) is 36.4 Å². The molecular formula is C32H43N7O3. The maximum absolute atomic E-state index is 10.1. The lowest BCUT2D eigenvalue weighted by molar-refractivity contribution is -0.110. The van der Waals surface area contributed by atoms with Gasteiger partial charge in [-0.05, 0) is 44.0 Å². The predicted octanol–water partition coefficient (Wildman–Crippen LogP) is 4.03. The molecule has 2 aromatic carbocycles. The Hall–Kier alpha value is -4.59. The number of benzene rings is 2. The summed E-state index contributed by atoms with van der Waals surface area (Å²) in [5, 5.41) is 23.9. The summed E-state index contributed by atoms with van der Waals surface area (Å²) >= 11 is 0. The SMILES string of the molecule is C#C.CNc1c(C)c(-c2cnn(C)c2)nn1-c1ccccc1.COCCN1CC[C@H](NC=O)C1.Cc1ccccc1O. The van der Waals surface area contributed by atoms with Crippen molar-refractivity contribution in [2.24, 2.45) is 7.05 Å². The minimum atomic E-state index is 0.347. The van der Waals surface area contributed by atoms with Gasteiger partial charge in [-0.15, -0.1) is 12.8 Å². The summed E-state index contributed by atoms with van der Waals surface area (Å²) in [6.07, 6.45) is 13.7. The van der Waals surface area contributed by atoms with Gasteiger partial charge in [0.1, 0.15) is 17.3 Å². The van der Waals surface area contributed by atoms with Crippen LogP contribution in [0.15, 0.2) is 67.0 Å². The highest BCUT2D eigenvalue weighted by Crippen LogP contribution is 2.29. The summed E-state index contributed by atoms with van der Waals surface area (Å²) in [7, 11) is 5.53. The van der Waals surface area contributed by atoms with Gasteiger partial charge in [0.25, 0.3) is 0 Å². The van der Waals surface area contributed by atoms with Crippen LogP contribution in [0.25, 0.3) is 16.9 Å². The van der Waals surface area contributed by atoms with Crippen LogP contribution < -0.4 is 10.6 Å². The first-order valence-electron chi connectivity index (χ1n) is 13.7. The van der Waals surface area contributed by atoms with E-state index >= 15 is 0 Å². The van der Waals surface area contributed by atoms with Crippen LogP contribution in [0.1, 0.15) is 17.5 Å². The summed E-state index contributed by atoms with van der Waals surface area (Å²) in [6, 6.07) is 17.7. The number of carbonyl (C=O) groups excluding carboxylic acids is 1. The van der Waals surface area contributed by atoms with Crippen molar-refractivity contribution in [1.29, 1.82) is 0 Å². The fraction of sp³-hybridized carbons (Fsp3) is 0.344. The second-order valence-electron chi connectivity index (χ2n) is 9.57. The quantitative estimate of drug-likeness (QED) is 0.216. The molecule has 1 saturated heterocycles. The van der Waals surface area contributed by atoms with E-state index < -0.39 is 0 Å². The lowest BCUT2D eigenvalue weighted by Gasteiger charge is -2.14. The van der Waals surface area contributed by atoms with Crippen molar-refractivity contribution in [3.05, 3.63) is 78.1 Å². The molecule has 1 amide bonds. The second-order valence-corrected chi connectivity index (χ2v) is 9.57. The van der Waals surface area contributed by atoms with Crippen molar-refractivity contribution in [2.45, 2.75) is 26.3 Å². The number of aromatic nitrogens is 4. The molecule has 0 unspecified atom stereocenters. The number of rotatable bonds is 8. The molecule has 1 aliphatic rings. The van der Waals surface area contributed by atoms with E-state index in [0.29, 0.717) is 11.8 Å². The number of ether oxygens (including phenoxy) is 1. The van der Waals surface area contributed by atoms with Gasteiger partial charge >= 0.3 is 0 Å². The number of nitrogens with zero attached hydrogens (tertiary/aromatic N) is 5. The Bertz CT molecular complexity index is 1340. The maximum Gasteiger partial charge on any atom is 0.207 e. The number of hydrogen-bond acceptors (Lipinski definition) is 7. The van der Waals surface area contributed by atoms with Crippen LogP contribution in [0.2, 0.25) is 0 Å². The molecule has 3 heterocycles. The van der Waals surface area contributed by atoms with Gasteiger partial charge in [-0.3, -0.25) is 14.4 Å². The van der Waals surface area contributed by atoms with Gasteiger partial charge < -0.3 is 20.5 Å². The van der Waals surface area contributed by atoms with E-state index in [9.17, 15) is 4.79 Å². The predicted molar refractivity (Wildman–Crippen MR) is 169 cm³/mol. The highest BCUT2D eigenvalue weighted by molar-refractivity contribution is 5.69. The van der Waals surface area contributed by atoms with Crippen molar-refractivity contribution in [3.8, 4) is 35.5 Å². The minimum Gasteiger partial charge on any atom is -0.508 e. The Morgan fingerprint density at radius 2 is 1.81 bits per heavy atom. The number of carbonyl (C=O) groups is 1. The van der Waals surface area contributed by atoms with E-state index in [1.165, 1.54) is 0 Å². The average Bonchev–Trinajstić information content (AvgIpc) is 3.74. The molecule has 0 aliphatic carbocycles. The molecule has 0 saturated carbocycles. The first-order chi connectivity index (χ1) is 20.4. The number of aromatic hydroxyl groups is 1. The molecule has 1 fully saturated rings. The second kappa shape index (κ2) is 18.0. The first-order valence-corrected chi connectivity index (χ1v) is 13.7. The summed E-state index contributed by atoms with van der Waals surface area (Å²) in [5.41, 5.74) is 5.05. The maximum atomic E-state index is 10.1. The Balaban J connectivity index is 0.000000238. The van der Waals surface area contributed by atoms with E-state index in [1.54, 1.807) is 17.9 Å². The number of anilines is 1. The zero-order valence-corrected chi connectivity index (χ0v) is 25.2. The van der Waals surface area contributed by atoms with Crippen LogP contribution in [0.5, 0.6) is 5.75 Å². The topological polar surface area (TPSA) is 109 Å². The fourth-order valence-corrected chi connectivity index (χ4v) is 4.42. The third-order valence-electron chi connectivity index (χ3n) is 6.64. The molecule has 10 heteroatoms. The smallest absolute Gasteiger partial charge is 0.207 e. The van der Waals surface area contributed by atoms with Crippen molar-refractivity contribution in [3.63, 3.8) is 0 Å². The number of aryl methyl sites for hydroxylation is 2. The number of hydrogen-bond donors (Lipinski definition) is 3. The van der Waals surface area contributed by atoms with Gasteiger partial charge in [0, 0.05) is 64.2 Å². The fourth-order valence-electron chi connectivity index (χ4n) is 4.42. The van der Waals surface area contributed by atoms with Crippen molar-refractivity contribution in [2.75, 3.05) is 45.7 Å². The Kier molecular flexibility index (Phi) is 14.4. The van der Waals surface area contributed by atoms with Gasteiger partial charge in [-0.2, -0.15) is 10.2 Å². The number of terminal acetylenes is 1.